The van der Waals surface area contributed by atoms with Crippen LogP contribution in [0.5, 0.6) is 0 Å². The van der Waals surface area contributed by atoms with Gasteiger partial charge >= 0.3 is 0 Å². The molecular weight excluding hydrogens is 158 g/mol. The maximum atomic E-state index is 10.3. The van der Waals surface area contributed by atoms with Gasteiger partial charge in [-0.3, -0.25) is 4.79 Å². The molecule has 0 aliphatic heterocycles. The van der Waals surface area contributed by atoms with E-state index in [1.54, 1.807) is 16.8 Å². The van der Waals surface area contributed by atoms with Gasteiger partial charge in [-0.05, 0) is 5.92 Å². The Morgan fingerprint density at radius 2 is 2.36 bits per heavy atom. The smallest absolute Gasteiger partial charge is 0.152 e. The zero-order valence-corrected chi connectivity index (χ0v) is 6.31. The maximum Gasteiger partial charge on any atom is 0.152 e. The molecule has 1 heterocycles. The van der Waals surface area contributed by atoms with Crippen LogP contribution in [-0.2, 0) is 0 Å². The van der Waals surface area contributed by atoms with Crippen molar-refractivity contribution in [2.24, 2.45) is 0 Å². The van der Waals surface area contributed by atoms with Gasteiger partial charge in [0.1, 0.15) is 0 Å². The molecule has 0 spiro atoms. The first-order valence-electron chi connectivity index (χ1n) is 2.80. The van der Waals surface area contributed by atoms with E-state index in [4.69, 9.17) is 5.26 Å². The van der Waals surface area contributed by atoms with E-state index in [0.717, 1.165) is 6.29 Å². The van der Waals surface area contributed by atoms with Crippen LogP contribution in [0.3, 0.4) is 0 Å². The lowest BCUT2D eigenvalue weighted by Crippen LogP contribution is -1.77. The number of nitrogens with zero attached hydrogens (tertiary/aromatic N) is 1. The van der Waals surface area contributed by atoms with Crippen LogP contribution in [-0.4, -0.2) is 6.29 Å². The van der Waals surface area contributed by atoms with Crippen molar-refractivity contribution in [3.63, 3.8) is 0 Å². The fourth-order valence-corrected chi connectivity index (χ4v) is 1.32. The normalized spacial score (nSPS) is 7.55. The minimum Gasteiger partial charge on any atom is -0.298 e. The molecule has 0 aliphatic rings. The summed E-state index contributed by atoms with van der Waals surface area (Å²) in [6.45, 7) is 0. The standard InChI is InChI=1S/C8H3NOS/c9-3-1-2-7-5-11-6-8(7)4-10/h4-6H. The molecule has 0 amide bonds. The van der Waals surface area contributed by atoms with Crippen molar-refractivity contribution in [2.45, 2.75) is 0 Å². The highest BCUT2D eigenvalue weighted by molar-refractivity contribution is 7.08. The summed E-state index contributed by atoms with van der Waals surface area (Å²) in [4.78, 5) is 10.3. The molecule has 3 heteroatoms. The van der Waals surface area contributed by atoms with E-state index in [2.05, 4.69) is 11.8 Å². The molecule has 2 nitrogen and oxygen atoms in total. The zero-order valence-electron chi connectivity index (χ0n) is 5.50. The highest BCUT2D eigenvalue weighted by atomic mass is 32.1. The average molecular weight is 161 g/mol. The quantitative estimate of drug-likeness (QED) is 0.462. The highest BCUT2D eigenvalue weighted by Crippen LogP contribution is 2.10. The van der Waals surface area contributed by atoms with Crippen molar-refractivity contribution < 1.29 is 4.79 Å². The fraction of sp³-hybridized carbons (Fsp3) is 0. The van der Waals surface area contributed by atoms with Crippen molar-refractivity contribution in [1.82, 2.24) is 0 Å². The van der Waals surface area contributed by atoms with Gasteiger partial charge in [-0.1, -0.05) is 0 Å². The molecule has 11 heavy (non-hydrogen) atoms. The SMILES string of the molecule is N#CC#Cc1cscc1C=O. The molecule has 0 fully saturated rings. The molecule has 0 saturated carbocycles. The van der Waals surface area contributed by atoms with E-state index >= 15 is 0 Å². The predicted octanol–water partition coefficient (Wildman–Crippen LogP) is 1.44. The number of carbonyl (C=O) groups is 1. The molecule has 0 aliphatic carbocycles. The molecule has 52 valence electrons. The average Bonchev–Trinajstić information content (AvgIpc) is 2.47. The van der Waals surface area contributed by atoms with Crippen molar-refractivity contribution in [1.29, 1.82) is 5.26 Å². The summed E-state index contributed by atoms with van der Waals surface area (Å²) in [6, 6.07) is 1.68. The molecule has 0 N–H and O–H groups in total. The number of rotatable bonds is 1. The van der Waals surface area contributed by atoms with Gasteiger partial charge in [0.05, 0.1) is 0 Å². The third-order valence-corrected chi connectivity index (χ3v) is 1.83. The minimum absolute atomic E-state index is 0.553. The number of thiophene rings is 1. The van der Waals surface area contributed by atoms with Crippen LogP contribution in [0.4, 0.5) is 0 Å². The van der Waals surface area contributed by atoms with Gasteiger partial charge in [0.2, 0.25) is 0 Å². The van der Waals surface area contributed by atoms with E-state index in [1.165, 1.54) is 11.3 Å². The number of nitriles is 1. The largest absolute Gasteiger partial charge is 0.298 e. The van der Waals surface area contributed by atoms with Crippen LogP contribution in [0.1, 0.15) is 15.9 Å². The minimum atomic E-state index is 0.553. The Bertz CT molecular complexity index is 361. The van der Waals surface area contributed by atoms with E-state index in [1.807, 2.05) is 0 Å². The van der Waals surface area contributed by atoms with Crippen LogP contribution in [0.25, 0.3) is 0 Å². The summed E-state index contributed by atoms with van der Waals surface area (Å²) < 4.78 is 0. The Balaban J connectivity index is 3.05. The lowest BCUT2D eigenvalue weighted by atomic mass is 10.2. The Kier molecular flexibility index (Phi) is 2.43. The molecule has 1 rings (SSSR count). The topological polar surface area (TPSA) is 40.9 Å². The van der Waals surface area contributed by atoms with Crippen molar-refractivity contribution >= 4 is 17.6 Å². The summed E-state index contributed by atoms with van der Waals surface area (Å²) in [6.07, 6.45) is 0.734. The number of carbonyl (C=O) groups excluding carboxylic acids is 1. The van der Waals surface area contributed by atoms with Gasteiger partial charge in [0.25, 0.3) is 0 Å². The Morgan fingerprint density at radius 1 is 1.55 bits per heavy atom. The van der Waals surface area contributed by atoms with Gasteiger partial charge in [0.15, 0.2) is 12.4 Å². The van der Waals surface area contributed by atoms with E-state index in [0.29, 0.717) is 11.1 Å². The fourth-order valence-electron chi connectivity index (χ4n) is 0.595. The van der Waals surface area contributed by atoms with Crippen LogP contribution in [0.2, 0.25) is 0 Å². The molecule has 0 radical (unpaired) electrons. The lowest BCUT2D eigenvalue weighted by molar-refractivity contribution is 0.112. The van der Waals surface area contributed by atoms with Gasteiger partial charge in [-0.25, -0.2) is 0 Å². The van der Waals surface area contributed by atoms with Crippen LogP contribution >= 0.6 is 11.3 Å². The molecule has 0 unspecified atom stereocenters. The first-order chi connectivity index (χ1) is 5.38. The molecule has 0 bridgehead atoms. The second-order valence-electron chi connectivity index (χ2n) is 1.72. The van der Waals surface area contributed by atoms with Crippen LogP contribution < -0.4 is 0 Å². The summed E-state index contributed by atoms with van der Waals surface area (Å²) in [5, 5.41) is 11.6. The summed E-state index contributed by atoms with van der Waals surface area (Å²) in [5.41, 5.74) is 1.18. The zero-order chi connectivity index (χ0) is 8.10. The Hall–Kier alpha value is -1.58. The number of aldehydes is 1. The number of hydrogen-bond acceptors (Lipinski definition) is 3. The van der Waals surface area contributed by atoms with Crippen molar-refractivity contribution in [2.75, 3.05) is 0 Å². The molecular formula is C8H3NOS. The first-order valence-corrected chi connectivity index (χ1v) is 3.74. The number of hydrogen-bond donors (Lipinski definition) is 0. The Labute approximate surface area is 68.1 Å². The maximum absolute atomic E-state index is 10.3. The van der Waals surface area contributed by atoms with Gasteiger partial charge in [-0.15, -0.1) is 0 Å². The van der Waals surface area contributed by atoms with E-state index in [9.17, 15) is 4.79 Å². The molecule has 1 aromatic heterocycles. The van der Waals surface area contributed by atoms with Crippen molar-refractivity contribution in [3.05, 3.63) is 21.9 Å². The molecule has 0 atom stereocenters. The molecule has 0 saturated heterocycles. The van der Waals surface area contributed by atoms with E-state index in [-0.39, 0.29) is 0 Å². The summed E-state index contributed by atoms with van der Waals surface area (Å²) in [7, 11) is 0. The molecule has 0 aromatic carbocycles. The van der Waals surface area contributed by atoms with Gasteiger partial charge < -0.3 is 0 Å². The summed E-state index contributed by atoms with van der Waals surface area (Å²) >= 11 is 1.40. The van der Waals surface area contributed by atoms with Crippen LogP contribution in [0.15, 0.2) is 10.8 Å². The second kappa shape index (κ2) is 3.55. The monoisotopic (exact) mass is 161 g/mol. The third-order valence-electron chi connectivity index (χ3n) is 1.07. The van der Waals surface area contributed by atoms with Crippen molar-refractivity contribution in [3.8, 4) is 17.9 Å². The predicted molar refractivity (Wildman–Crippen MR) is 42.2 cm³/mol. The van der Waals surface area contributed by atoms with Gasteiger partial charge in [-0.2, -0.15) is 16.6 Å². The lowest BCUT2D eigenvalue weighted by Gasteiger charge is -1.79. The Morgan fingerprint density at radius 3 is 3.00 bits per heavy atom. The van der Waals surface area contributed by atoms with E-state index < -0.39 is 0 Å². The summed E-state index contributed by atoms with van der Waals surface area (Å²) in [5.74, 6) is 4.79. The van der Waals surface area contributed by atoms with Crippen LogP contribution in [0, 0.1) is 23.2 Å². The third kappa shape index (κ3) is 1.67. The second-order valence-corrected chi connectivity index (χ2v) is 2.46. The molecule has 1 aromatic rings. The van der Waals surface area contributed by atoms with Gasteiger partial charge in [0, 0.05) is 27.8 Å². The highest BCUT2D eigenvalue weighted by Gasteiger charge is 1.97. The first kappa shape index (κ1) is 7.53.